The Kier molecular flexibility index (Phi) is 3.50. The molecule has 1 aliphatic rings. The van der Waals surface area contributed by atoms with Crippen LogP contribution in [0, 0.1) is 0 Å². The Hall–Kier alpha value is -2.89. The molecule has 0 fully saturated rings. The van der Waals surface area contributed by atoms with Crippen molar-refractivity contribution in [2.75, 3.05) is 0 Å². The summed E-state index contributed by atoms with van der Waals surface area (Å²) in [6.45, 7) is 1.87. The molecule has 0 radical (unpaired) electrons. The third kappa shape index (κ3) is 2.28. The van der Waals surface area contributed by atoms with Crippen molar-refractivity contribution in [2.24, 2.45) is 0 Å². The number of aromatic nitrogens is 1. The highest BCUT2D eigenvalue weighted by Gasteiger charge is 2.33. The predicted molar refractivity (Wildman–Crippen MR) is 81.4 cm³/mol. The summed E-state index contributed by atoms with van der Waals surface area (Å²) in [5.41, 5.74) is 1.68. The van der Waals surface area contributed by atoms with Crippen molar-refractivity contribution in [3.63, 3.8) is 0 Å². The molecule has 3 amide bonds. The number of rotatable bonds is 4. The van der Waals surface area contributed by atoms with Crippen LogP contribution in [0.25, 0.3) is 16.5 Å². The van der Waals surface area contributed by atoms with Crippen molar-refractivity contribution in [3.8, 4) is 0 Å². The monoisotopic (exact) mass is 297 g/mol. The molecule has 0 spiro atoms. The van der Waals surface area contributed by atoms with E-state index >= 15 is 0 Å². The smallest absolute Gasteiger partial charge is 0.275 e. The summed E-state index contributed by atoms with van der Waals surface area (Å²) in [6.07, 6.45) is 2.63. The number of aromatic amines is 1. The average molecular weight is 297 g/mol. The second-order valence-corrected chi connectivity index (χ2v) is 5.08. The van der Waals surface area contributed by atoms with Gasteiger partial charge in [-0.05, 0) is 12.5 Å². The van der Waals surface area contributed by atoms with E-state index in [0.717, 1.165) is 10.9 Å². The second kappa shape index (κ2) is 5.48. The van der Waals surface area contributed by atoms with Crippen LogP contribution in [-0.2, 0) is 14.4 Å². The number of para-hydroxylation sites is 1. The minimum atomic E-state index is -0.574. The SMILES string of the molecule is CCCC(=O)NC1=C(c2c[nH]c3ccccc23)C(=O)NC1=O. The quantitative estimate of drug-likeness (QED) is 0.746. The van der Waals surface area contributed by atoms with Gasteiger partial charge in [-0.3, -0.25) is 19.7 Å². The lowest BCUT2D eigenvalue weighted by molar-refractivity contribution is -0.126. The topological polar surface area (TPSA) is 91.1 Å². The van der Waals surface area contributed by atoms with Crippen molar-refractivity contribution in [3.05, 3.63) is 41.7 Å². The van der Waals surface area contributed by atoms with Gasteiger partial charge in [0.15, 0.2) is 0 Å². The number of hydrogen-bond donors (Lipinski definition) is 3. The van der Waals surface area contributed by atoms with E-state index < -0.39 is 11.8 Å². The molecule has 0 unspecified atom stereocenters. The molecule has 0 bridgehead atoms. The molecule has 0 aliphatic carbocycles. The summed E-state index contributed by atoms with van der Waals surface area (Å²) in [6, 6.07) is 7.46. The number of amides is 3. The van der Waals surface area contributed by atoms with Gasteiger partial charge in [0.1, 0.15) is 5.70 Å². The minimum absolute atomic E-state index is 0.0215. The molecule has 1 aromatic carbocycles. The molecule has 1 aliphatic heterocycles. The Labute approximate surface area is 126 Å². The highest BCUT2D eigenvalue weighted by Crippen LogP contribution is 2.29. The maximum atomic E-state index is 12.1. The maximum absolute atomic E-state index is 12.1. The van der Waals surface area contributed by atoms with Gasteiger partial charge in [-0.15, -0.1) is 0 Å². The van der Waals surface area contributed by atoms with Gasteiger partial charge in [-0.2, -0.15) is 0 Å². The molecule has 112 valence electrons. The molecule has 2 heterocycles. The molecule has 0 saturated carbocycles. The number of nitrogens with one attached hydrogen (secondary N) is 3. The van der Waals surface area contributed by atoms with Crippen molar-refractivity contribution in [1.82, 2.24) is 15.6 Å². The van der Waals surface area contributed by atoms with Crippen LogP contribution in [0.5, 0.6) is 0 Å². The molecule has 22 heavy (non-hydrogen) atoms. The summed E-state index contributed by atoms with van der Waals surface area (Å²) in [5, 5.41) is 5.62. The highest BCUT2D eigenvalue weighted by atomic mass is 16.2. The van der Waals surface area contributed by atoms with E-state index in [1.807, 2.05) is 31.2 Å². The lowest BCUT2D eigenvalue weighted by Gasteiger charge is -2.05. The molecule has 0 atom stereocenters. The fourth-order valence-electron chi connectivity index (χ4n) is 2.54. The zero-order chi connectivity index (χ0) is 15.7. The van der Waals surface area contributed by atoms with Crippen molar-refractivity contribution in [1.29, 1.82) is 0 Å². The Morgan fingerprint density at radius 2 is 1.95 bits per heavy atom. The van der Waals surface area contributed by atoms with E-state index in [4.69, 9.17) is 0 Å². The van der Waals surface area contributed by atoms with Gasteiger partial charge < -0.3 is 10.3 Å². The zero-order valence-corrected chi connectivity index (χ0v) is 12.0. The summed E-state index contributed by atoms with van der Waals surface area (Å²) >= 11 is 0. The van der Waals surface area contributed by atoms with E-state index in [1.54, 1.807) is 6.20 Å². The number of hydrogen-bond acceptors (Lipinski definition) is 3. The number of imide groups is 1. The van der Waals surface area contributed by atoms with Crippen molar-refractivity contribution >= 4 is 34.2 Å². The van der Waals surface area contributed by atoms with Crippen LogP contribution in [0.15, 0.2) is 36.2 Å². The van der Waals surface area contributed by atoms with Crippen molar-refractivity contribution in [2.45, 2.75) is 19.8 Å². The zero-order valence-electron chi connectivity index (χ0n) is 12.0. The van der Waals surface area contributed by atoms with E-state index in [-0.39, 0.29) is 17.2 Å². The predicted octanol–water partition coefficient (Wildman–Crippen LogP) is 1.45. The summed E-state index contributed by atoms with van der Waals surface area (Å²) in [4.78, 5) is 38.9. The summed E-state index contributed by atoms with van der Waals surface area (Å²) < 4.78 is 0. The van der Waals surface area contributed by atoms with E-state index in [0.29, 0.717) is 18.4 Å². The van der Waals surface area contributed by atoms with Gasteiger partial charge in [0.2, 0.25) is 5.91 Å². The third-order valence-corrected chi connectivity index (χ3v) is 3.53. The van der Waals surface area contributed by atoms with Crippen LogP contribution in [-0.4, -0.2) is 22.7 Å². The number of H-pyrrole nitrogens is 1. The minimum Gasteiger partial charge on any atom is -0.361 e. The van der Waals surface area contributed by atoms with E-state index in [2.05, 4.69) is 15.6 Å². The standard InChI is InChI=1S/C16H15N3O3/c1-2-5-12(20)18-14-13(15(21)19-16(14)22)10-8-17-11-7-4-3-6-9(10)11/h3-4,6-8,17H,2,5H2,1H3,(H2,18,19,20,21,22). The Bertz CT molecular complexity index is 817. The van der Waals surface area contributed by atoms with Crippen molar-refractivity contribution < 1.29 is 14.4 Å². The molecule has 3 rings (SSSR count). The summed E-state index contributed by atoms with van der Waals surface area (Å²) in [7, 11) is 0. The number of benzene rings is 1. The average Bonchev–Trinajstić information content (AvgIpc) is 3.01. The molecule has 6 nitrogen and oxygen atoms in total. The van der Waals surface area contributed by atoms with Gasteiger partial charge in [0, 0.05) is 29.1 Å². The Morgan fingerprint density at radius 1 is 1.18 bits per heavy atom. The first kappa shape index (κ1) is 14.1. The molecular weight excluding hydrogens is 282 g/mol. The Balaban J connectivity index is 2.11. The largest absolute Gasteiger partial charge is 0.361 e. The molecule has 2 aromatic rings. The van der Waals surface area contributed by atoms with E-state index in [9.17, 15) is 14.4 Å². The molecule has 0 saturated heterocycles. The van der Waals surface area contributed by atoms with Gasteiger partial charge in [0.25, 0.3) is 11.8 Å². The molecule has 1 aromatic heterocycles. The normalized spacial score (nSPS) is 14.6. The van der Waals surface area contributed by atoms with E-state index in [1.165, 1.54) is 0 Å². The van der Waals surface area contributed by atoms with Crippen LogP contribution >= 0.6 is 0 Å². The van der Waals surface area contributed by atoms with Crippen LogP contribution in [0.2, 0.25) is 0 Å². The van der Waals surface area contributed by atoms with Gasteiger partial charge in [0.05, 0.1) is 5.57 Å². The lowest BCUT2D eigenvalue weighted by Crippen LogP contribution is -2.30. The molecular formula is C16H15N3O3. The fourth-order valence-corrected chi connectivity index (χ4v) is 2.54. The first-order valence-electron chi connectivity index (χ1n) is 7.08. The van der Waals surface area contributed by atoms with Gasteiger partial charge >= 0.3 is 0 Å². The number of carbonyl (C=O) groups is 3. The van der Waals surface area contributed by atoms with Crippen LogP contribution in [0.4, 0.5) is 0 Å². The lowest BCUT2D eigenvalue weighted by atomic mass is 10.0. The van der Waals surface area contributed by atoms with Crippen LogP contribution in [0.3, 0.4) is 0 Å². The Morgan fingerprint density at radius 3 is 2.73 bits per heavy atom. The van der Waals surface area contributed by atoms with Gasteiger partial charge in [-0.25, -0.2) is 0 Å². The first-order chi connectivity index (χ1) is 10.6. The van der Waals surface area contributed by atoms with Gasteiger partial charge in [-0.1, -0.05) is 25.1 Å². The summed E-state index contributed by atoms with van der Waals surface area (Å²) in [5.74, 6) is -1.35. The maximum Gasteiger partial charge on any atom is 0.275 e. The van der Waals surface area contributed by atoms with Crippen LogP contribution < -0.4 is 10.6 Å². The second-order valence-electron chi connectivity index (χ2n) is 5.08. The molecule has 6 heteroatoms. The first-order valence-corrected chi connectivity index (χ1v) is 7.08. The van der Waals surface area contributed by atoms with Crippen LogP contribution in [0.1, 0.15) is 25.3 Å². The third-order valence-electron chi connectivity index (χ3n) is 3.53. The highest BCUT2D eigenvalue weighted by molar-refractivity contribution is 6.37. The number of carbonyl (C=O) groups excluding carboxylic acids is 3. The molecule has 3 N–H and O–H groups in total. The fraction of sp³-hybridized carbons (Fsp3) is 0.188. The number of fused-ring (bicyclic) bond motifs is 1.